The van der Waals surface area contributed by atoms with Crippen LogP contribution < -0.4 is 10.6 Å². The van der Waals surface area contributed by atoms with Crippen LogP contribution in [0.15, 0.2) is 65.6 Å². The first kappa shape index (κ1) is 17.0. The van der Waals surface area contributed by atoms with Crippen molar-refractivity contribution in [2.75, 3.05) is 10.6 Å². The topological polar surface area (TPSA) is 63.1 Å². The van der Waals surface area contributed by atoms with E-state index in [4.69, 9.17) is 0 Å². The van der Waals surface area contributed by atoms with Crippen molar-refractivity contribution in [3.63, 3.8) is 0 Å². The van der Waals surface area contributed by atoms with Gasteiger partial charge in [0.15, 0.2) is 0 Å². The third kappa shape index (κ3) is 4.58. The number of carbonyl (C=O) groups is 2. The van der Waals surface area contributed by atoms with Crippen LogP contribution in [0.25, 0.3) is 0 Å². The van der Waals surface area contributed by atoms with E-state index in [1.807, 2.05) is 40.5 Å². The van der Waals surface area contributed by atoms with E-state index in [1.165, 1.54) is 6.92 Å². The first-order valence-electron chi connectivity index (χ1n) is 7.94. The Bertz CT molecular complexity index is 790. The number of benzene rings is 1. The minimum absolute atomic E-state index is 0.0279. The Balaban J connectivity index is 1.67. The fourth-order valence-electron chi connectivity index (χ4n) is 2.64. The van der Waals surface area contributed by atoms with Gasteiger partial charge in [-0.15, -0.1) is 0 Å². The maximum absolute atomic E-state index is 12.5. The number of hydrogen-bond acceptors (Lipinski definition) is 3. The number of rotatable bonds is 6. The third-order valence-electron chi connectivity index (χ3n) is 3.78. The standard InChI is InChI=1S/C19H19N3O2S/c1-14(23)20-16-4-6-17(7-5-16)21-19(24)12-18(15-8-11-25-13-15)22-9-2-3-10-22/h2-11,13,18H,12H2,1H3,(H,20,23)(H,21,24)/t18-/m1/s1. The molecule has 2 aromatic heterocycles. The molecular formula is C19H19N3O2S. The summed E-state index contributed by atoms with van der Waals surface area (Å²) >= 11 is 1.62. The van der Waals surface area contributed by atoms with Gasteiger partial charge in [-0.3, -0.25) is 9.59 Å². The van der Waals surface area contributed by atoms with Crippen LogP contribution >= 0.6 is 11.3 Å². The van der Waals surface area contributed by atoms with Crippen LogP contribution in [-0.2, 0) is 9.59 Å². The van der Waals surface area contributed by atoms with Crippen molar-refractivity contribution < 1.29 is 9.59 Å². The number of nitrogens with one attached hydrogen (secondary N) is 2. The second-order valence-electron chi connectivity index (χ2n) is 5.71. The summed E-state index contributed by atoms with van der Waals surface area (Å²) in [6.45, 7) is 1.46. The first-order valence-corrected chi connectivity index (χ1v) is 8.88. The molecule has 0 unspecified atom stereocenters. The Morgan fingerprint density at radius 2 is 1.68 bits per heavy atom. The zero-order chi connectivity index (χ0) is 17.6. The van der Waals surface area contributed by atoms with Gasteiger partial charge in [-0.2, -0.15) is 11.3 Å². The second kappa shape index (κ2) is 7.81. The van der Waals surface area contributed by atoms with Gasteiger partial charge in [0.1, 0.15) is 0 Å². The molecule has 0 radical (unpaired) electrons. The molecule has 6 heteroatoms. The van der Waals surface area contributed by atoms with E-state index in [9.17, 15) is 9.59 Å². The minimum atomic E-state index is -0.123. The second-order valence-corrected chi connectivity index (χ2v) is 6.49. The van der Waals surface area contributed by atoms with Gasteiger partial charge >= 0.3 is 0 Å². The fourth-order valence-corrected chi connectivity index (χ4v) is 3.35. The summed E-state index contributed by atoms with van der Waals surface area (Å²) in [5.74, 6) is -0.181. The summed E-state index contributed by atoms with van der Waals surface area (Å²) in [6.07, 6.45) is 4.29. The molecule has 0 aliphatic carbocycles. The maximum atomic E-state index is 12.5. The summed E-state index contributed by atoms with van der Waals surface area (Å²) in [6, 6.07) is 13.0. The fraction of sp³-hybridized carbons (Fsp3) is 0.158. The molecule has 3 rings (SSSR count). The number of thiophene rings is 1. The average Bonchev–Trinajstić information content (AvgIpc) is 3.28. The molecule has 0 spiro atoms. The van der Waals surface area contributed by atoms with E-state index in [0.717, 1.165) is 5.56 Å². The summed E-state index contributed by atoms with van der Waals surface area (Å²) in [5, 5.41) is 9.70. The highest BCUT2D eigenvalue weighted by molar-refractivity contribution is 7.08. The molecule has 128 valence electrons. The van der Waals surface area contributed by atoms with Crippen molar-refractivity contribution in [2.24, 2.45) is 0 Å². The molecule has 1 atom stereocenters. The highest BCUT2D eigenvalue weighted by Crippen LogP contribution is 2.25. The van der Waals surface area contributed by atoms with Gasteiger partial charge in [-0.1, -0.05) is 0 Å². The van der Waals surface area contributed by atoms with Crippen molar-refractivity contribution >= 4 is 34.5 Å². The van der Waals surface area contributed by atoms with Gasteiger partial charge in [-0.25, -0.2) is 0 Å². The molecule has 0 saturated heterocycles. The molecule has 5 nitrogen and oxygen atoms in total. The Kier molecular flexibility index (Phi) is 5.30. The van der Waals surface area contributed by atoms with Gasteiger partial charge in [0, 0.05) is 30.7 Å². The zero-order valence-electron chi connectivity index (χ0n) is 13.8. The quantitative estimate of drug-likeness (QED) is 0.700. The summed E-state index contributed by atoms with van der Waals surface area (Å²) in [4.78, 5) is 23.5. The normalized spacial score (nSPS) is 11.7. The Labute approximate surface area is 150 Å². The predicted molar refractivity (Wildman–Crippen MR) is 101 cm³/mol. The van der Waals surface area contributed by atoms with Crippen molar-refractivity contribution in [3.8, 4) is 0 Å². The number of amides is 2. The molecule has 2 N–H and O–H groups in total. The van der Waals surface area contributed by atoms with Crippen LogP contribution in [-0.4, -0.2) is 16.4 Å². The monoisotopic (exact) mass is 353 g/mol. The SMILES string of the molecule is CC(=O)Nc1ccc(NC(=O)C[C@H](c2ccsc2)n2cccc2)cc1. The molecule has 1 aromatic carbocycles. The first-order chi connectivity index (χ1) is 12.1. The van der Waals surface area contributed by atoms with Crippen LogP contribution in [0.5, 0.6) is 0 Å². The molecule has 0 saturated carbocycles. The Morgan fingerprint density at radius 3 is 2.24 bits per heavy atom. The van der Waals surface area contributed by atoms with Crippen LogP contribution in [0.2, 0.25) is 0 Å². The summed E-state index contributed by atoms with van der Waals surface area (Å²) in [7, 11) is 0. The summed E-state index contributed by atoms with van der Waals surface area (Å²) < 4.78 is 2.04. The molecule has 2 amide bonds. The maximum Gasteiger partial charge on any atom is 0.226 e. The van der Waals surface area contributed by atoms with E-state index in [2.05, 4.69) is 16.0 Å². The van der Waals surface area contributed by atoms with Crippen LogP contribution in [0, 0.1) is 0 Å². The van der Waals surface area contributed by atoms with Crippen molar-refractivity contribution in [2.45, 2.75) is 19.4 Å². The van der Waals surface area contributed by atoms with Gasteiger partial charge in [0.05, 0.1) is 12.5 Å². The van der Waals surface area contributed by atoms with Gasteiger partial charge in [0.2, 0.25) is 11.8 Å². The molecule has 3 aromatic rings. The molecule has 0 aliphatic heterocycles. The summed E-state index contributed by atoms with van der Waals surface area (Å²) in [5.41, 5.74) is 2.53. The van der Waals surface area contributed by atoms with E-state index in [1.54, 1.807) is 35.6 Å². The lowest BCUT2D eigenvalue weighted by Crippen LogP contribution is -2.19. The third-order valence-corrected chi connectivity index (χ3v) is 4.48. The Morgan fingerprint density at radius 1 is 1.04 bits per heavy atom. The van der Waals surface area contributed by atoms with Crippen LogP contribution in [0.1, 0.15) is 24.9 Å². The van der Waals surface area contributed by atoms with Crippen LogP contribution in [0.4, 0.5) is 11.4 Å². The lowest BCUT2D eigenvalue weighted by Gasteiger charge is -2.18. The molecular weight excluding hydrogens is 334 g/mol. The number of hydrogen-bond donors (Lipinski definition) is 2. The van der Waals surface area contributed by atoms with Crippen LogP contribution in [0.3, 0.4) is 0 Å². The predicted octanol–water partition coefficient (Wildman–Crippen LogP) is 4.13. The zero-order valence-corrected chi connectivity index (χ0v) is 14.6. The van der Waals surface area contributed by atoms with E-state index in [0.29, 0.717) is 17.8 Å². The number of nitrogens with zero attached hydrogens (tertiary/aromatic N) is 1. The van der Waals surface area contributed by atoms with E-state index < -0.39 is 0 Å². The van der Waals surface area contributed by atoms with Crippen molar-refractivity contribution in [3.05, 3.63) is 71.2 Å². The van der Waals surface area contributed by atoms with Gasteiger partial charge < -0.3 is 15.2 Å². The molecule has 0 fully saturated rings. The van der Waals surface area contributed by atoms with E-state index in [-0.39, 0.29) is 17.9 Å². The Hall–Kier alpha value is -2.86. The largest absolute Gasteiger partial charge is 0.346 e. The minimum Gasteiger partial charge on any atom is -0.346 e. The number of aromatic nitrogens is 1. The molecule has 2 heterocycles. The highest BCUT2D eigenvalue weighted by atomic mass is 32.1. The molecule has 25 heavy (non-hydrogen) atoms. The van der Waals surface area contributed by atoms with Crippen molar-refractivity contribution in [1.29, 1.82) is 0 Å². The highest BCUT2D eigenvalue weighted by Gasteiger charge is 2.17. The van der Waals surface area contributed by atoms with E-state index >= 15 is 0 Å². The van der Waals surface area contributed by atoms with Gasteiger partial charge in [0.25, 0.3) is 0 Å². The lowest BCUT2D eigenvalue weighted by atomic mass is 10.1. The lowest BCUT2D eigenvalue weighted by molar-refractivity contribution is -0.117. The smallest absolute Gasteiger partial charge is 0.226 e. The number of anilines is 2. The number of carbonyl (C=O) groups excluding carboxylic acids is 2. The molecule has 0 bridgehead atoms. The van der Waals surface area contributed by atoms with Crippen molar-refractivity contribution in [1.82, 2.24) is 4.57 Å². The molecule has 0 aliphatic rings. The average molecular weight is 353 g/mol. The van der Waals surface area contributed by atoms with Gasteiger partial charge in [-0.05, 0) is 58.8 Å².